The number of rotatable bonds is 9. The molecule has 0 saturated carbocycles. The van der Waals surface area contributed by atoms with Crippen LogP contribution < -0.4 is 14.8 Å². The fourth-order valence-electron chi connectivity index (χ4n) is 3.62. The summed E-state index contributed by atoms with van der Waals surface area (Å²) >= 11 is 0. The lowest BCUT2D eigenvalue weighted by Crippen LogP contribution is -2.57. The lowest BCUT2D eigenvalue weighted by Gasteiger charge is -2.43. The lowest BCUT2D eigenvalue weighted by atomic mass is 9.89. The van der Waals surface area contributed by atoms with Crippen molar-refractivity contribution in [1.82, 2.24) is 0 Å². The Hall–Kier alpha value is -3.07. The summed E-state index contributed by atoms with van der Waals surface area (Å²) in [6, 6.07) is 16.6. The molecule has 0 bridgehead atoms. The van der Waals surface area contributed by atoms with Crippen LogP contribution in [-0.2, 0) is 28.1 Å². The van der Waals surface area contributed by atoms with Crippen LogP contribution in [-0.4, -0.2) is 36.7 Å². The average Bonchev–Trinajstić information content (AvgIpc) is 2.78. The Morgan fingerprint density at radius 1 is 0.941 bits per heavy atom. The van der Waals surface area contributed by atoms with Crippen LogP contribution in [0.1, 0.15) is 27.2 Å². The van der Waals surface area contributed by atoms with Crippen molar-refractivity contribution >= 4 is 19.9 Å². The molecule has 34 heavy (non-hydrogen) atoms. The van der Waals surface area contributed by atoms with Gasteiger partial charge in [0.2, 0.25) is 6.29 Å². The van der Waals surface area contributed by atoms with Crippen molar-refractivity contribution < 1.29 is 41.9 Å². The second-order valence-corrected chi connectivity index (χ2v) is 9.12. The van der Waals surface area contributed by atoms with E-state index in [1.54, 1.807) is 67.6 Å². The van der Waals surface area contributed by atoms with Gasteiger partial charge in [-0.1, -0.05) is 50.2 Å². The molecule has 5 atom stereocenters. The predicted molar refractivity (Wildman–Crippen MR) is 121 cm³/mol. The molecule has 0 spiro atoms. The molecule has 2 aromatic carbocycles. The number of nitrogens with two attached hydrogens (primary N) is 1. The summed E-state index contributed by atoms with van der Waals surface area (Å²) in [4.78, 5) is 23.4. The van der Waals surface area contributed by atoms with Gasteiger partial charge in [-0.05, 0) is 30.7 Å². The van der Waals surface area contributed by atoms with E-state index in [1.165, 1.54) is 6.92 Å². The third-order valence-electron chi connectivity index (χ3n) is 5.12. The van der Waals surface area contributed by atoms with Gasteiger partial charge in [0.15, 0.2) is 12.2 Å². The van der Waals surface area contributed by atoms with Crippen molar-refractivity contribution in [2.24, 2.45) is 11.7 Å². The van der Waals surface area contributed by atoms with Gasteiger partial charge in [0, 0.05) is 12.8 Å². The first-order valence-electron chi connectivity index (χ1n) is 10.8. The third kappa shape index (κ3) is 6.72. The molecule has 1 heterocycles. The molecule has 2 N–H and O–H groups in total. The number of phosphoric ester groups is 1. The minimum atomic E-state index is -4.42. The number of carbonyl (C=O) groups excluding carboxylic acids is 2. The molecule has 11 heteroatoms. The molecule has 0 unspecified atom stereocenters. The van der Waals surface area contributed by atoms with Gasteiger partial charge in [-0.3, -0.25) is 4.79 Å². The third-order valence-corrected chi connectivity index (χ3v) is 6.45. The van der Waals surface area contributed by atoms with Crippen LogP contribution in [0.2, 0.25) is 0 Å². The second-order valence-electron chi connectivity index (χ2n) is 7.65. The minimum absolute atomic E-state index is 0.215. The topological polar surface area (TPSA) is 133 Å². The Kier molecular flexibility index (Phi) is 8.55. The maximum atomic E-state index is 13.8. The van der Waals surface area contributed by atoms with E-state index in [1.807, 2.05) is 6.92 Å². The van der Waals surface area contributed by atoms with E-state index in [4.69, 9.17) is 33.5 Å². The molecule has 1 fully saturated rings. The zero-order valence-corrected chi connectivity index (χ0v) is 20.0. The van der Waals surface area contributed by atoms with Gasteiger partial charge >= 0.3 is 19.9 Å². The first-order chi connectivity index (χ1) is 16.2. The van der Waals surface area contributed by atoms with Crippen LogP contribution in [0.4, 0.5) is 4.79 Å². The van der Waals surface area contributed by atoms with E-state index in [-0.39, 0.29) is 11.5 Å². The summed E-state index contributed by atoms with van der Waals surface area (Å²) in [6.45, 7) is 4.79. The summed E-state index contributed by atoms with van der Waals surface area (Å²) in [7, 11) is -4.42. The number of primary amides is 1. The molecular weight excluding hydrogens is 465 g/mol. The highest BCUT2D eigenvalue weighted by atomic mass is 31.2. The largest absolute Gasteiger partial charge is 0.590 e. The predicted octanol–water partition coefficient (Wildman–Crippen LogP) is 4.44. The van der Waals surface area contributed by atoms with Gasteiger partial charge in [-0.15, -0.1) is 0 Å². The maximum Gasteiger partial charge on any atom is 0.590 e. The SMILES string of the molecule is CC[C@H]1O[C@H](OP(=O)(Oc2ccccc2)Oc2ccccc2)[C@@H](OC(C)=O)[C@@H](OC(N)=O)[C@@H]1C. The van der Waals surface area contributed by atoms with Crippen molar-refractivity contribution in [1.29, 1.82) is 0 Å². The highest BCUT2D eigenvalue weighted by Crippen LogP contribution is 2.52. The van der Waals surface area contributed by atoms with E-state index in [0.29, 0.717) is 6.42 Å². The lowest BCUT2D eigenvalue weighted by molar-refractivity contribution is -0.264. The number of phosphoric acid groups is 1. The van der Waals surface area contributed by atoms with Gasteiger partial charge in [0.1, 0.15) is 11.5 Å². The number of esters is 1. The maximum absolute atomic E-state index is 13.8. The van der Waals surface area contributed by atoms with Crippen LogP contribution in [0, 0.1) is 5.92 Å². The van der Waals surface area contributed by atoms with E-state index in [2.05, 4.69) is 0 Å². The fourth-order valence-corrected chi connectivity index (χ4v) is 4.93. The van der Waals surface area contributed by atoms with Crippen LogP contribution in [0.15, 0.2) is 60.7 Å². The number of hydrogen-bond acceptors (Lipinski definition) is 9. The van der Waals surface area contributed by atoms with E-state index >= 15 is 0 Å². The number of para-hydroxylation sites is 2. The Labute approximate surface area is 197 Å². The zero-order valence-electron chi connectivity index (χ0n) is 19.1. The molecule has 1 amide bonds. The van der Waals surface area contributed by atoms with Crippen LogP contribution in [0.5, 0.6) is 11.5 Å². The zero-order chi connectivity index (χ0) is 24.7. The molecule has 2 aromatic rings. The number of benzene rings is 2. The Morgan fingerprint density at radius 3 is 1.91 bits per heavy atom. The smallest absolute Gasteiger partial charge is 0.453 e. The van der Waals surface area contributed by atoms with Crippen molar-refractivity contribution in [3.8, 4) is 11.5 Å². The minimum Gasteiger partial charge on any atom is -0.453 e. The van der Waals surface area contributed by atoms with Crippen molar-refractivity contribution in [3.63, 3.8) is 0 Å². The average molecular weight is 493 g/mol. The number of ether oxygens (including phenoxy) is 3. The molecule has 10 nitrogen and oxygen atoms in total. The van der Waals surface area contributed by atoms with Crippen molar-refractivity contribution in [2.75, 3.05) is 0 Å². The first kappa shape index (κ1) is 25.6. The van der Waals surface area contributed by atoms with Crippen LogP contribution in [0.25, 0.3) is 0 Å². The molecule has 0 aromatic heterocycles. The molecule has 0 radical (unpaired) electrons. The molecule has 184 valence electrons. The summed E-state index contributed by atoms with van der Waals surface area (Å²) in [5, 5.41) is 0. The monoisotopic (exact) mass is 493 g/mol. The summed E-state index contributed by atoms with van der Waals surface area (Å²) in [5.74, 6) is -0.671. The fraction of sp³-hybridized carbons (Fsp3) is 0.391. The molecular formula is C23H28NO9P. The highest BCUT2D eigenvalue weighted by Gasteiger charge is 2.51. The van der Waals surface area contributed by atoms with Gasteiger partial charge in [0.05, 0.1) is 6.10 Å². The van der Waals surface area contributed by atoms with Crippen LogP contribution >= 0.6 is 7.82 Å². The molecule has 1 aliphatic heterocycles. The first-order valence-corrected chi connectivity index (χ1v) is 12.2. The number of hydrogen-bond donors (Lipinski definition) is 1. The molecule has 1 saturated heterocycles. The van der Waals surface area contributed by atoms with E-state index in [9.17, 15) is 14.2 Å². The standard InChI is InChI=1S/C23H28NO9P/c1-4-19-15(2)20(30-23(24)26)21(28-16(3)25)22(29-19)33-34(27,31-17-11-7-5-8-12-17)32-18-13-9-6-10-14-18/h5-15,19-22H,4H2,1-3H3,(H2,24,26)/t15-,19-,20+,21+,22-/m1/s1. The van der Waals surface area contributed by atoms with E-state index < -0.39 is 50.4 Å². The highest BCUT2D eigenvalue weighted by molar-refractivity contribution is 7.49. The van der Waals surface area contributed by atoms with Gasteiger partial charge in [0.25, 0.3) is 0 Å². The van der Waals surface area contributed by atoms with Crippen molar-refractivity contribution in [3.05, 3.63) is 60.7 Å². The summed E-state index contributed by atoms with van der Waals surface area (Å²) in [5.41, 5.74) is 5.26. The van der Waals surface area contributed by atoms with Gasteiger partial charge in [-0.2, -0.15) is 0 Å². The van der Waals surface area contributed by atoms with E-state index in [0.717, 1.165) is 0 Å². The number of carbonyl (C=O) groups is 2. The molecule has 0 aliphatic carbocycles. The Balaban J connectivity index is 1.96. The molecule has 3 rings (SSSR count). The van der Waals surface area contributed by atoms with Crippen molar-refractivity contribution in [2.45, 2.75) is 51.8 Å². The Bertz CT molecular complexity index is 959. The Morgan fingerprint density at radius 2 is 1.47 bits per heavy atom. The summed E-state index contributed by atoms with van der Waals surface area (Å²) in [6.07, 6.45) is -4.82. The number of amides is 1. The van der Waals surface area contributed by atoms with Gasteiger partial charge in [-0.25, -0.2) is 13.9 Å². The molecule has 1 aliphatic rings. The summed E-state index contributed by atoms with van der Waals surface area (Å²) < 4.78 is 47.5. The quantitative estimate of drug-likeness (QED) is 0.398. The second kappa shape index (κ2) is 11.4. The van der Waals surface area contributed by atoms with Gasteiger partial charge < -0.3 is 29.0 Å². The van der Waals surface area contributed by atoms with Crippen LogP contribution in [0.3, 0.4) is 0 Å². The normalized spacial score (nSPS) is 24.6.